The number of fused-ring (bicyclic) bond motifs is 1. The molecule has 12 nitrogen and oxygen atoms in total. The molecule has 0 radical (unpaired) electrons. The number of nitrogens with one attached hydrogen (secondary N) is 4. The molecule has 4 amide bonds. The van der Waals surface area contributed by atoms with E-state index in [1.807, 2.05) is 11.8 Å². The smallest absolute Gasteiger partial charge is 0.220 e. The Labute approximate surface area is 293 Å². The van der Waals surface area contributed by atoms with Gasteiger partial charge in [-0.05, 0) is 91.0 Å². The molecule has 0 aromatic rings. The molecule has 0 aromatic heterocycles. The van der Waals surface area contributed by atoms with Crippen LogP contribution in [0.2, 0.25) is 0 Å². The van der Waals surface area contributed by atoms with E-state index in [1.165, 1.54) is 0 Å². The van der Waals surface area contributed by atoms with E-state index in [0.717, 1.165) is 57.2 Å². The first-order valence-electron chi connectivity index (χ1n) is 18.2. The number of thioether (sulfide) groups is 1. The van der Waals surface area contributed by atoms with Crippen LogP contribution >= 0.6 is 11.8 Å². The summed E-state index contributed by atoms with van der Waals surface area (Å²) in [5, 5.41) is 12.4. The van der Waals surface area contributed by atoms with Crippen molar-refractivity contribution in [3.8, 4) is 0 Å². The molecule has 0 saturated carbocycles. The van der Waals surface area contributed by atoms with E-state index in [2.05, 4.69) is 54.0 Å². The second kappa shape index (κ2) is 25.1. The summed E-state index contributed by atoms with van der Waals surface area (Å²) in [5.74, 6) is 1.82. The van der Waals surface area contributed by atoms with Crippen molar-refractivity contribution >= 4 is 35.4 Å². The number of amides is 4. The summed E-state index contributed by atoms with van der Waals surface area (Å²) in [4.78, 5) is 49.9. The van der Waals surface area contributed by atoms with Crippen LogP contribution in [0.5, 0.6) is 0 Å². The Morgan fingerprint density at radius 1 is 0.750 bits per heavy atom. The fourth-order valence-electron chi connectivity index (χ4n) is 5.59. The number of unbranched alkanes of at least 4 members (excludes halogenated alkanes) is 2. The second-order valence-electron chi connectivity index (χ2n) is 13.9. The van der Waals surface area contributed by atoms with Crippen LogP contribution < -0.4 is 21.3 Å². The molecule has 2 fully saturated rings. The molecule has 3 atom stereocenters. The van der Waals surface area contributed by atoms with E-state index < -0.39 is 0 Å². The van der Waals surface area contributed by atoms with Crippen LogP contribution in [-0.2, 0) is 33.4 Å². The highest BCUT2D eigenvalue weighted by molar-refractivity contribution is 8.00. The van der Waals surface area contributed by atoms with Crippen LogP contribution in [0.4, 0.5) is 0 Å². The van der Waals surface area contributed by atoms with Crippen LogP contribution in [0, 0.1) is 5.92 Å². The topological polar surface area (TPSA) is 147 Å². The van der Waals surface area contributed by atoms with Crippen molar-refractivity contribution in [2.45, 2.75) is 115 Å². The predicted octanol–water partition coefficient (Wildman–Crippen LogP) is 3.03. The quantitative estimate of drug-likeness (QED) is 0.0906. The van der Waals surface area contributed by atoms with Gasteiger partial charge < -0.3 is 40.4 Å². The monoisotopic (exact) mass is 699 g/mol. The van der Waals surface area contributed by atoms with Gasteiger partial charge in [0, 0.05) is 75.4 Å². The first-order chi connectivity index (χ1) is 23.1. The molecule has 278 valence electrons. The summed E-state index contributed by atoms with van der Waals surface area (Å²) in [6, 6.07) is 0.337. The lowest BCUT2D eigenvalue weighted by Gasteiger charge is -2.31. The van der Waals surface area contributed by atoms with Crippen LogP contribution in [0.3, 0.4) is 0 Å². The van der Waals surface area contributed by atoms with Crippen molar-refractivity contribution in [2.24, 2.45) is 5.92 Å². The number of hydrogen-bond donors (Lipinski definition) is 4. The molecule has 2 heterocycles. The molecule has 2 aliphatic heterocycles. The predicted molar refractivity (Wildman–Crippen MR) is 191 cm³/mol. The number of rotatable bonds is 28. The lowest BCUT2D eigenvalue weighted by atomic mass is 9.97. The van der Waals surface area contributed by atoms with Crippen molar-refractivity contribution < 1.29 is 33.4 Å². The average molecular weight is 700 g/mol. The number of carbonyl (C=O) groups is 4. The highest BCUT2D eigenvalue weighted by Crippen LogP contribution is 2.39. The maximum Gasteiger partial charge on any atom is 0.220 e. The Bertz CT molecular complexity index is 935. The molecule has 2 rings (SSSR count). The zero-order valence-electron chi connectivity index (χ0n) is 30.2. The van der Waals surface area contributed by atoms with Crippen LogP contribution in [0.25, 0.3) is 0 Å². The number of hydrogen-bond acceptors (Lipinski definition) is 9. The van der Waals surface area contributed by atoms with Crippen LogP contribution in [-0.4, -0.2) is 124 Å². The molecule has 2 aliphatic rings. The maximum atomic E-state index is 12.1. The Balaban J connectivity index is 1.25. The van der Waals surface area contributed by atoms with Gasteiger partial charge in [-0.15, -0.1) is 0 Å². The first-order valence-corrected chi connectivity index (χ1v) is 19.3. The summed E-state index contributed by atoms with van der Waals surface area (Å²) < 4.78 is 16.6. The highest BCUT2D eigenvalue weighted by Gasteiger charge is 2.42. The minimum Gasteiger partial charge on any atom is -0.379 e. The highest BCUT2D eigenvalue weighted by atomic mass is 32.2. The minimum absolute atomic E-state index is 0.00677. The summed E-state index contributed by atoms with van der Waals surface area (Å²) in [6.45, 7) is 12.5. The van der Waals surface area contributed by atoms with E-state index in [4.69, 9.17) is 14.2 Å². The fourth-order valence-corrected chi connectivity index (χ4v) is 7.24. The van der Waals surface area contributed by atoms with Crippen molar-refractivity contribution in [1.82, 2.24) is 26.2 Å². The van der Waals surface area contributed by atoms with Crippen molar-refractivity contribution in [3.05, 3.63) is 0 Å². The number of carbonyl (C=O) groups excluding carboxylic acids is 4. The van der Waals surface area contributed by atoms with Gasteiger partial charge in [-0.25, -0.2) is 0 Å². The zero-order valence-corrected chi connectivity index (χ0v) is 31.0. The number of nitrogens with zero attached hydrogens (tertiary/aromatic N) is 1. The maximum absolute atomic E-state index is 12.1. The Hall–Kier alpha value is -1.93. The van der Waals surface area contributed by atoms with Gasteiger partial charge in [0.1, 0.15) is 0 Å². The molecule has 0 aromatic carbocycles. The normalized spacial score (nSPS) is 18.9. The van der Waals surface area contributed by atoms with E-state index in [9.17, 15) is 19.2 Å². The Morgan fingerprint density at radius 3 is 1.83 bits per heavy atom. The van der Waals surface area contributed by atoms with E-state index in [-0.39, 0.29) is 29.2 Å². The van der Waals surface area contributed by atoms with Gasteiger partial charge in [0.25, 0.3) is 0 Å². The van der Waals surface area contributed by atoms with Crippen molar-refractivity contribution in [2.75, 3.05) is 78.6 Å². The van der Waals surface area contributed by atoms with Crippen molar-refractivity contribution in [3.63, 3.8) is 0 Å². The van der Waals surface area contributed by atoms with Gasteiger partial charge in [-0.3, -0.25) is 19.2 Å². The molecule has 0 spiro atoms. The summed E-state index contributed by atoms with van der Waals surface area (Å²) in [7, 11) is 2.12. The minimum atomic E-state index is -0.0383. The van der Waals surface area contributed by atoms with Gasteiger partial charge in [0.15, 0.2) is 0 Å². The third-order valence-corrected chi connectivity index (χ3v) is 10.4. The fraction of sp³-hybridized carbons (Fsp3) is 0.886. The molecular formula is C35H65N5O7S. The zero-order chi connectivity index (χ0) is 35.0. The molecule has 13 heteroatoms. The lowest BCUT2D eigenvalue weighted by molar-refractivity contribution is -0.123. The van der Waals surface area contributed by atoms with E-state index in [1.54, 1.807) is 0 Å². The van der Waals surface area contributed by atoms with Gasteiger partial charge in [-0.2, -0.15) is 11.8 Å². The van der Waals surface area contributed by atoms with Gasteiger partial charge in [0.2, 0.25) is 23.6 Å². The molecule has 0 unspecified atom stereocenters. The standard InChI is InChI=1S/C35H65N5O7S/c1-35(2,3)40(4)19-8-7-16-36-31(42)14-9-15-32(43)38-18-11-21-46-23-25-47-24-22-45-20-10-17-37-30(41)13-6-5-12-29-34-28(27-48-29)26-33(44)39-34/h28-29,34H,5-27H2,1-4H3,(H,36,42)(H,37,41)(H,38,43)(H,39,44)/t28-,29-,34-/m0/s1. The molecule has 0 bridgehead atoms. The van der Waals surface area contributed by atoms with E-state index >= 15 is 0 Å². The lowest BCUT2D eigenvalue weighted by Crippen LogP contribution is -2.38. The van der Waals surface area contributed by atoms with E-state index in [0.29, 0.717) is 109 Å². The first kappa shape index (κ1) is 42.2. The van der Waals surface area contributed by atoms with Gasteiger partial charge in [0.05, 0.1) is 26.4 Å². The molecular weight excluding hydrogens is 634 g/mol. The van der Waals surface area contributed by atoms with Gasteiger partial charge >= 0.3 is 0 Å². The molecule has 4 N–H and O–H groups in total. The third kappa shape index (κ3) is 19.9. The molecule has 2 saturated heterocycles. The molecule has 48 heavy (non-hydrogen) atoms. The summed E-state index contributed by atoms with van der Waals surface area (Å²) in [6.07, 6.45) is 8.90. The largest absolute Gasteiger partial charge is 0.379 e. The average Bonchev–Trinajstić information content (AvgIpc) is 3.59. The van der Waals surface area contributed by atoms with Crippen LogP contribution in [0.15, 0.2) is 0 Å². The molecule has 0 aliphatic carbocycles. The SMILES string of the molecule is CN(CCCCNC(=O)CCCC(=O)NCCCOCCOCCOCCCNC(=O)CCCC[C@@H]1SC[C@@H]2CC(=O)N[C@@H]21)C(C)(C)C. The summed E-state index contributed by atoms with van der Waals surface area (Å²) in [5.41, 5.74) is 0.160. The van der Waals surface area contributed by atoms with Crippen LogP contribution in [0.1, 0.15) is 97.8 Å². The Kier molecular flexibility index (Phi) is 22.1. The van der Waals surface area contributed by atoms with Crippen molar-refractivity contribution in [1.29, 1.82) is 0 Å². The Morgan fingerprint density at radius 2 is 1.27 bits per heavy atom. The third-order valence-electron chi connectivity index (χ3n) is 8.87. The number of ether oxygens (including phenoxy) is 3. The summed E-state index contributed by atoms with van der Waals surface area (Å²) >= 11 is 1.97. The second-order valence-corrected chi connectivity index (χ2v) is 15.2. The van der Waals surface area contributed by atoms with Gasteiger partial charge in [-0.1, -0.05) is 6.42 Å².